The van der Waals surface area contributed by atoms with Gasteiger partial charge in [-0.25, -0.2) is 0 Å². The van der Waals surface area contributed by atoms with E-state index in [0.29, 0.717) is 6.54 Å². The molecule has 0 saturated carbocycles. The zero-order valence-electron chi connectivity index (χ0n) is 18.1. The first kappa shape index (κ1) is 25.0. The summed E-state index contributed by atoms with van der Waals surface area (Å²) < 4.78 is 4.83. The number of para-hydroxylation sites is 1. The Kier molecular flexibility index (Phi) is 9.04. The van der Waals surface area contributed by atoms with Crippen LogP contribution in [0.5, 0.6) is 0 Å². The van der Waals surface area contributed by atoms with Crippen LogP contribution in [-0.4, -0.2) is 48.3 Å². The van der Waals surface area contributed by atoms with Crippen molar-refractivity contribution in [3.05, 3.63) is 69.8 Å². The van der Waals surface area contributed by atoms with Crippen LogP contribution >= 0.6 is 0 Å². The number of rotatable bonds is 10. The topological polar surface area (TPSA) is 157 Å². The van der Waals surface area contributed by atoms with Crippen molar-refractivity contribution in [3.8, 4) is 0 Å². The van der Waals surface area contributed by atoms with Crippen molar-refractivity contribution in [1.82, 2.24) is 10.6 Å². The van der Waals surface area contributed by atoms with E-state index in [1.165, 1.54) is 18.2 Å². The molecule has 2 aromatic carbocycles. The SMILES string of the molecule is CC(C)CNC(=O)c1ccccc1NC(=O)COC(=O)CNC(=O)c1cccc([N+](=O)[O-])c1. The number of ether oxygens (including phenoxy) is 1. The van der Waals surface area contributed by atoms with Crippen LogP contribution in [-0.2, 0) is 14.3 Å². The number of nitrogens with one attached hydrogen (secondary N) is 3. The molecule has 33 heavy (non-hydrogen) atoms. The van der Waals surface area contributed by atoms with Gasteiger partial charge in [-0.3, -0.25) is 29.3 Å². The van der Waals surface area contributed by atoms with E-state index in [0.717, 1.165) is 6.07 Å². The van der Waals surface area contributed by atoms with Gasteiger partial charge in [0.25, 0.3) is 23.4 Å². The van der Waals surface area contributed by atoms with E-state index in [-0.39, 0.29) is 34.3 Å². The standard InChI is InChI=1S/C22H24N4O7/c1-14(2)11-23-22(30)17-8-3-4-9-18(17)25-19(27)13-33-20(28)12-24-21(29)15-6-5-7-16(10-15)26(31)32/h3-10,14H,11-13H2,1-2H3,(H,23,30)(H,24,29)(H,25,27). The first-order valence-electron chi connectivity index (χ1n) is 10.0. The molecule has 2 aromatic rings. The number of anilines is 1. The van der Waals surface area contributed by atoms with Gasteiger partial charge in [-0.1, -0.05) is 32.0 Å². The monoisotopic (exact) mass is 456 g/mol. The second-order valence-electron chi connectivity index (χ2n) is 7.35. The van der Waals surface area contributed by atoms with Gasteiger partial charge in [0.2, 0.25) is 0 Å². The molecule has 0 aromatic heterocycles. The Bertz CT molecular complexity index is 1050. The van der Waals surface area contributed by atoms with Crippen molar-refractivity contribution in [3.63, 3.8) is 0 Å². The number of carbonyl (C=O) groups excluding carboxylic acids is 4. The minimum atomic E-state index is -0.883. The minimum Gasteiger partial charge on any atom is -0.454 e. The van der Waals surface area contributed by atoms with Crippen LogP contribution in [0.3, 0.4) is 0 Å². The van der Waals surface area contributed by atoms with Crippen LogP contribution in [0.2, 0.25) is 0 Å². The third kappa shape index (κ3) is 8.05. The molecule has 0 aliphatic rings. The minimum absolute atomic E-state index is 0.00194. The zero-order chi connectivity index (χ0) is 24.4. The fourth-order valence-corrected chi connectivity index (χ4v) is 2.58. The van der Waals surface area contributed by atoms with E-state index in [1.54, 1.807) is 24.3 Å². The summed E-state index contributed by atoms with van der Waals surface area (Å²) in [6.07, 6.45) is 0. The van der Waals surface area contributed by atoms with Crippen LogP contribution in [0.4, 0.5) is 11.4 Å². The van der Waals surface area contributed by atoms with Crippen molar-refractivity contribution in [2.24, 2.45) is 5.92 Å². The smallest absolute Gasteiger partial charge is 0.325 e. The van der Waals surface area contributed by atoms with Crippen LogP contribution in [0.1, 0.15) is 34.6 Å². The van der Waals surface area contributed by atoms with Crippen molar-refractivity contribution >= 4 is 35.1 Å². The molecule has 3 amide bonds. The van der Waals surface area contributed by atoms with Gasteiger partial charge in [-0.05, 0) is 24.1 Å². The third-order valence-electron chi connectivity index (χ3n) is 4.19. The molecule has 0 fully saturated rings. The molecule has 0 saturated heterocycles. The lowest BCUT2D eigenvalue weighted by molar-refractivity contribution is -0.384. The third-order valence-corrected chi connectivity index (χ3v) is 4.19. The van der Waals surface area contributed by atoms with Gasteiger partial charge in [-0.15, -0.1) is 0 Å². The molecule has 0 radical (unpaired) electrons. The second-order valence-corrected chi connectivity index (χ2v) is 7.35. The highest BCUT2D eigenvalue weighted by Gasteiger charge is 2.16. The van der Waals surface area contributed by atoms with Gasteiger partial charge in [0.05, 0.1) is 16.2 Å². The summed E-state index contributed by atoms with van der Waals surface area (Å²) >= 11 is 0. The maximum absolute atomic E-state index is 12.3. The highest BCUT2D eigenvalue weighted by Crippen LogP contribution is 2.15. The predicted octanol–water partition coefficient (Wildman–Crippen LogP) is 1.89. The molecule has 3 N–H and O–H groups in total. The van der Waals surface area contributed by atoms with E-state index in [2.05, 4.69) is 16.0 Å². The first-order chi connectivity index (χ1) is 15.7. The number of nitro benzene ring substituents is 1. The maximum atomic E-state index is 12.3. The molecule has 11 heteroatoms. The Hall–Kier alpha value is -4.28. The van der Waals surface area contributed by atoms with Gasteiger partial charge >= 0.3 is 5.97 Å². The van der Waals surface area contributed by atoms with Crippen molar-refractivity contribution in [2.75, 3.05) is 25.0 Å². The van der Waals surface area contributed by atoms with Gasteiger partial charge in [0.1, 0.15) is 6.54 Å². The lowest BCUT2D eigenvalue weighted by Gasteiger charge is -2.12. The molecule has 174 valence electrons. The molecule has 0 aliphatic carbocycles. The Morgan fingerprint density at radius 1 is 1.00 bits per heavy atom. The van der Waals surface area contributed by atoms with E-state index in [9.17, 15) is 29.3 Å². The normalized spacial score (nSPS) is 10.3. The highest BCUT2D eigenvalue weighted by atomic mass is 16.6. The Morgan fingerprint density at radius 2 is 1.73 bits per heavy atom. The van der Waals surface area contributed by atoms with Crippen LogP contribution < -0.4 is 16.0 Å². The van der Waals surface area contributed by atoms with E-state index >= 15 is 0 Å². The number of hydrogen-bond donors (Lipinski definition) is 3. The average Bonchev–Trinajstić information content (AvgIpc) is 2.80. The van der Waals surface area contributed by atoms with E-state index < -0.39 is 35.9 Å². The summed E-state index contributed by atoms with van der Waals surface area (Å²) in [5.74, 6) is -2.35. The fraction of sp³-hybridized carbons (Fsp3) is 0.273. The molecular weight excluding hydrogens is 432 g/mol. The molecule has 0 atom stereocenters. The predicted molar refractivity (Wildman–Crippen MR) is 119 cm³/mol. The van der Waals surface area contributed by atoms with Crippen LogP contribution in [0, 0.1) is 16.0 Å². The summed E-state index contributed by atoms with van der Waals surface area (Å²) in [6, 6.07) is 11.4. The summed E-state index contributed by atoms with van der Waals surface area (Å²) in [5, 5.41) is 18.3. The van der Waals surface area contributed by atoms with E-state index in [4.69, 9.17) is 4.74 Å². The van der Waals surface area contributed by atoms with Gasteiger partial charge in [-0.2, -0.15) is 0 Å². The fourth-order valence-electron chi connectivity index (χ4n) is 2.58. The number of nitrogens with zero attached hydrogens (tertiary/aromatic N) is 1. The summed E-state index contributed by atoms with van der Waals surface area (Å²) in [6.45, 7) is 3.21. The number of nitro groups is 1. The number of non-ortho nitro benzene ring substituents is 1. The first-order valence-corrected chi connectivity index (χ1v) is 10.0. The average molecular weight is 456 g/mol. The zero-order valence-corrected chi connectivity index (χ0v) is 18.1. The molecule has 2 rings (SSSR count). The Balaban J connectivity index is 1.83. The highest BCUT2D eigenvalue weighted by molar-refractivity contribution is 6.04. The number of esters is 1. The van der Waals surface area contributed by atoms with Gasteiger partial charge < -0.3 is 20.7 Å². The molecule has 0 unspecified atom stereocenters. The Morgan fingerprint density at radius 3 is 2.42 bits per heavy atom. The molecule has 11 nitrogen and oxygen atoms in total. The summed E-state index contributed by atoms with van der Waals surface area (Å²) in [7, 11) is 0. The molecular formula is C22H24N4O7. The lowest BCUT2D eigenvalue weighted by atomic mass is 10.1. The van der Waals surface area contributed by atoms with Gasteiger partial charge in [0.15, 0.2) is 6.61 Å². The molecule has 0 bridgehead atoms. The lowest BCUT2D eigenvalue weighted by Crippen LogP contribution is -2.32. The van der Waals surface area contributed by atoms with Crippen molar-refractivity contribution in [2.45, 2.75) is 13.8 Å². The number of carbonyl (C=O) groups is 4. The number of hydrogen-bond acceptors (Lipinski definition) is 7. The number of benzene rings is 2. The van der Waals surface area contributed by atoms with Crippen molar-refractivity contribution < 1.29 is 28.8 Å². The molecule has 0 aliphatic heterocycles. The van der Waals surface area contributed by atoms with Gasteiger partial charge in [0, 0.05) is 24.2 Å². The largest absolute Gasteiger partial charge is 0.454 e. The van der Waals surface area contributed by atoms with Crippen molar-refractivity contribution in [1.29, 1.82) is 0 Å². The molecule has 0 spiro atoms. The summed E-state index contributed by atoms with van der Waals surface area (Å²) in [5.41, 5.74) is 0.267. The Labute approximate surface area is 189 Å². The number of amides is 3. The van der Waals surface area contributed by atoms with Crippen LogP contribution in [0.25, 0.3) is 0 Å². The summed E-state index contributed by atoms with van der Waals surface area (Å²) in [4.78, 5) is 58.5. The maximum Gasteiger partial charge on any atom is 0.325 e. The second kappa shape index (κ2) is 11.9. The van der Waals surface area contributed by atoms with E-state index in [1.807, 2.05) is 13.8 Å². The molecule has 0 heterocycles. The quantitative estimate of drug-likeness (QED) is 0.280. The van der Waals surface area contributed by atoms with Crippen LogP contribution in [0.15, 0.2) is 48.5 Å².